The van der Waals surface area contributed by atoms with Gasteiger partial charge in [0.1, 0.15) is 11.9 Å². The molecule has 0 saturated heterocycles. The third kappa shape index (κ3) is 2.49. The number of nitrogens with zero attached hydrogens (tertiary/aromatic N) is 4. The minimum absolute atomic E-state index is 0.0363. The minimum Gasteiger partial charge on any atom is -0.383 e. The Morgan fingerprint density at radius 1 is 1.55 bits per heavy atom. The van der Waals surface area contributed by atoms with Crippen LogP contribution in [0.3, 0.4) is 0 Å². The molecule has 106 valence electrons. The summed E-state index contributed by atoms with van der Waals surface area (Å²) in [5, 5.41) is 0. The lowest BCUT2D eigenvalue weighted by atomic mass is 10.1. The average molecular weight is 273 g/mol. The number of likely N-dealkylation sites (N-methyl/N-ethyl adjacent to an activating group) is 1. The molecular weight excluding hydrogens is 254 g/mol. The van der Waals surface area contributed by atoms with Crippen LogP contribution in [0.2, 0.25) is 0 Å². The van der Waals surface area contributed by atoms with Gasteiger partial charge in [0.05, 0.1) is 18.2 Å². The van der Waals surface area contributed by atoms with E-state index in [1.54, 1.807) is 30.7 Å². The Balaban J connectivity index is 2.39. The van der Waals surface area contributed by atoms with Crippen LogP contribution in [0.15, 0.2) is 30.9 Å². The van der Waals surface area contributed by atoms with Gasteiger partial charge in [0, 0.05) is 25.4 Å². The molecule has 0 aliphatic rings. The summed E-state index contributed by atoms with van der Waals surface area (Å²) in [7, 11) is 1.79. The van der Waals surface area contributed by atoms with Crippen LogP contribution in [0.5, 0.6) is 0 Å². The zero-order chi connectivity index (χ0) is 14.7. The summed E-state index contributed by atoms with van der Waals surface area (Å²) in [5.74, 6) is 0.465. The van der Waals surface area contributed by atoms with Crippen LogP contribution >= 0.6 is 0 Å². The van der Waals surface area contributed by atoms with Gasteiger partial charge in [-0.05, 0) is 26.0 Å². The molecule has 1 amide bonds. The second-order valence-corrected chi connectivity index (χ2v) is 4.65. The van der Waals surface area contributed by atoms with E-state index in [1.165, 1.54) is 0 Å². The van der Waals surface area contributed by atoms with Crippen molar-refractivity contribution in [1.29, 1.82) is 0 Å². The number of amides is 1. The lowest BCUT2D eigenvalue weighted by Gasteiger charge is -2.22. The normalized spacial score (nSPS) is 12.2. The van der Waals surface area contributed by atoms with E-state index in [0.29, 0.717) is 12.4 Å². The van der Waals surface area contributed by atoms with E-state index in [2.05, 4.69) is 9.97 Å². The number of nitrogens with two attached hydrogens (primary N) is 1. The number of nitrogen functional groups attached to an aromatic ring is 1. The van der Waals surface area contributed by atoms with Crippen molar-refractivity contribution in [3.8, 4) is 11.3 Å². The SMILES string of the molecule is CCN(C)C(=O)C(C)n1cncc1-c1cccnc1N. The first-order valence-corrected chi connectivity index (χ1v) is 6.54. The number of carbonyl (C=O) groups is 1. The Morgan fingerprint density at radius 3 is 2.95 bits per heavy atom. The first kappa shape index (κ1) is 14.0. The molecule has 2 rings (SSSR count). The molecule has 0 spiro atoms. The zero-order valence-corrected chi connectivity index (χ0v) is 11.9. The van der Waals surface area contributed by atoms with Crippen LogP contribution in [0.25, 0.3) is 11.3 Å². The van der Waals surface area contributed by atoms with Crippen molar-refractivity contribution in [3.05, 3.63) is 30.9 Å². The van der Waals surface area contributed by atoms with Gasteiger partial charge in [0.2, 0.25) is 5.91 Å². The van der Waals surface area contributed by atoms with E-state index in [1.807, 2.05) is 30.5 Å². The Labute approximate surface area is 118 Å². The number of hydrogen-bond acceptors (Lipinski definition) is 4. The van der Waals surface area contributed by atoms with E-state index in [0.717, 1.165) is 11.3 Å². The van der Waals surface area contributed by atoms with Crippen LogP contribution in [0.4, 0.5) is 5.82 Å². The Kier molecular flexibility index (Phi) is 4.02. The minimum atomic E-state index is -0.336. The number of aromatic nitrogens is 3. The van der Waals surface area contributed by atoms with E-state index >= 15 is 0 Å². The third-order valence-corrected chi connectivity index (χ3v) is 3.41. The molecule has 20 heavy (non-hydrogen) atoms. The molecule has 1 unspecified atom stereocenters. The Hall–Kier alpha value is -2.37. The summed E-state index contributed by atoms with van der Waals surface area (Å²) in [5.41, 5.74) is 7.47. The molecule has 0 aliphatic heterocycles. The van der Waals surface area contributed by atoms with Gasteiger partial charge >= 0.3 is 0 Å². The predicted molar refractivity (Wildman–Crippen MR) is 77.9 cm³/mol. The van der Waals surface area contributed by atoms with Crippen molar-refractivity contribution >= 4 is 11.7 Å². The molecule has 0 aliphatic carbocycles. The van der Waals surface area contributed by atoms with Gasteiger partial charge in [-0.3, -0.25) is 4.79 Å². The average Bonchev–Trinajstić information content (AvgIpc) is 2.94. The maximum atomic E-state index is 12.3. The standard InChI is InChI=1S/C14H19N5O/c1-4-18(3)14(20)10(2)19-9-16-8-12(19)11-6-5-7-17-13(11)15/h5-10H,4H2,1-3H3,(H2,15,17). The van der Waals surface area contributed by atoms with Crippen LogP contribution in [-0.4, -0.2) is 38.9 Å². The highest BCUT2D eigenvalue weighted by Crippen LogP contribution is 2.26. The van der Waals surface area contributed by atoms with Gasteiger partial charge in [-0.15, -0.1) is 0 Å². The molecule has 2 aromatic heterocycles. The van der Waals surface area contributed by atoms with Crippen molar-refractivity contribution in [1.82, 2.24) is 19.4 Å². The lowest BCUT2D eigenvalue weighted by molar-refractivity contribution is -0.132. The number of rotatable bonds is 4. The molecule has 6 heteroatoms. The van der Waals surface area contributed by atoms with E-state index in [4.69, 9.17) is 5.73 Å². The first-order chi connectivity index (χ1) is 9.56. The number of anilines is 1. The molecule has 0 aromatic carbocycles. The van der Waals surface area contributed by atoms with Gasteiger partial charge < -0.3 is 15.2 Å². The third-order valence-electron chi connectivity index (χ3n) is 3.41. The van der Waals surface area contributed by atoms with Crippen molar-refractivity contribution in [2.45, 2.75) is 19.9 Å². The summed E-state index contributed by atoms with van der Waals surface area (Å²) < 4.78 is 1.82. The Bertz CT molecular complexity index is 607. The second-order valence-electron chi connectivity index (χ2n) is 4.65. The van der Waals surface area contributed by atoms with Gasteiger partial charge in [-0.25, -0.2) is 9.97 Å². The van der Waals surface area contributed by atoms with Crippen molar-refractivity contribution in [2.24, 2.45) is 0 Å². The molecule has 2 heterocycles. The van der Waals surface area contributed by atoms with Crippen LogP contribution in [-0.2, 0) is 4.79 Å². The lowest BCUT2D eigenvalue weighted by Crippen LogP contribution is -2.33. The van der Waals surface area contributed by atoms with E-state index in [-0.39, 0.29) is 11.9 Å². The van der Waals surface area contributed by atoms with Gasteiger partial charge in [-0.2, -0.15) is 0 Å². The van der Waals surface area contributed by atoms with Crippen LogP contribution in [0, 0.1) is 0 Å². The first-order valence-electron chi connectivity index (χ1n) is 6.54. The summed E-state index contributed by atoms with van der Waals surface area (Å²) in [6.07, 6.45) is 4.98. The molecule has 1 atom stereocenters. The van der Waals surface area contributed by atoms with Crippen molar-refractivity contribution < 1.29 is 4.79 Å². The summed E-state index contributed by atoms with van der Waals surface area (Å²) >= 11 is 0. The van der Waals surface area contributed by atoms with Crippen LogP contribution < -0.4 is 5.73 Å². The Morgan fingerprint density at radius 2 is 2.30 bits per heavy atom. The predicted octanol–water partition coefficient (Wildman–Crippen LogP) is 1.57. The molecule has 2 aromatic rings. The topological polar surface area (TPSA) is 77.0 Å². The summed E-state index contributed by atoms with van der Waals surface area (Å²) in [6.45, 7) is 4.47. The number of hydrogen-bond donors (Lipinski definition) is 1. The zero-order valence-electron chi connectivity index (χ0n) is 11.9. The van der Waals surface area contributed by atoms with E-state index < -0.39 is 0 Å². The van der Waals surface area contributed by atoms with Crippen molar-refractivity contribution in [3.63, 3.8) is 0 Å². The van der Waals surface area contributed by atoms with Gasteiger partial charge in [0.25, 0.3) is 0 Å². The molecular formula is C14H19N5O. The van der Waals surface area contributed by atoms with E-state index in [9.17, 15) is 4.79 Å². The smallest absolute Gasteiger partial charge is 0.245 e. The summed E-state index contributed by atoms with van der Waals surface area (Å²) in [6, 6.07) is 3.35. The largest absolute Gasteiger partial charge is 0.383 e. The highest BCUT2D eigenvalue weighted by atomic mass is 16.2. The second kappa shape index (κ2) is 5.73. The molecule has 0 bridgehead atoms. The number of carbonyl (C=O) groups excluding carboxylic acids is 1. The molecule has 0 saturated carbocycles. The fraction of sp³-hybridized carbons (Fsp3) is 0.357. The fourth-order valence-corrected chi connectivity index (χ4v) is 2.05. The summed E-state index contributed by atoms with van der Waals surface area (Å²) in [4.78, 5) is 22.2. The monoisotopic (exact) mass is 273 g/mol. The number of imidazole rings is 1. The van der Waals surface area contributed by atoms with Crippen LogP contribution in [0.1, 0.15) is 19.9 Å². The molecule has 0 fully saturated rings. The van der Waals surface area contributed by atoms with Crippen molar-refractivity contribution in [2.75, 3.05) is 19.3 Å². The quantitative estimate of drug-likeness (QED) is 0.917. The van der Waals surface area contributed by atoms with Gasteiger partial charge in [-0.1, -0.05) is 0 Å². The number of pyridine rings is 1. The molecule has 0 radical (unpaired) electrons. The van der Waals surface area contributed by atoms with Gasteiger partial charge in [0.15, 0.2) is 0 Å². The fourth-order valence-electron chi connectivity index (χ4n) is 2.05. The maximum absolute atomic E-state index is 12.3. The maximum Gasteiger partial charge on any atom is 0.245 e. The molecule has 2 N–H and O–H groups in total. The molecule has 6 nitrogen and oxygen atoms in total. The highest BCUT2D eigenvalue weighted by molar-refractivity contribution is 5.81. The highest BCUT2D eigenvalue weighted by Gasteiger charge is 2.21.